The molecule has 3 rings (SSSR count). The predicted octanol–water partition coefficient (Wildman–Crippen LogP) is 5.34. The summed E-state index contributed by atoms with van der Waals surface area (Å²) in [5.74, 6) is 0.367. The summed E-state index contributed by atoms with van der Waals surface area (Å²) in [7, 11) is 0. The molecular formula is C22H26ClN3O3. The summed E-state index contributed by atoms with van der Waals surface area (Å²) in [6.45, 7) is 7.66. The number of fused-ring (bicyclic) bond motifs is 1. The minimum absolute atomic E-state index is 0.0985. The first-order valence-electron chi connectivity index (χ1n) is 9.96. The Hall–Kier alpha value is -2.60. The van der Waals surface area contributed by atoms with Crippen LogP contribution in [0.25, 0.3) is 0 Å². The third-order valence-corrected chi connectivity index (χ3v) is 5.76. The summed E-state index contributed by atoms with van der Waals surface area (Å²) < 4.78 is 6.13. The van der Waals surface area contributed by atoms with Crippen LogP contribution in [-0.4, -0.2) is 22.4 Å². The van der Waals surface area contributed by atoms with Crippen LogP contribution < -0.4 is 15.0 Å². The van der Waals surface area contributed by atoms with E-state index in [-0.39, 0.29) is 17.7 Å². The van der Waals surface area contributed by atoms with Crippen molar-refractivity contribution in [2.24, 2.45) is 5.92 Å². The van der Waals surface area contributed by atoms with Crippen LogP contribution in [0.15, 0.2) is 36.4 Å². The molecule has 0 radical (unpaired) electrons. The van der Waals surface area contributed by atoms with Gasteiger partial charge in [0, 0.05) is 16.6 Å². The van der Waals surface area contributed by atoms with Crippen LogP contribution in [0.4, 0.5) is 17.2 Å². The zero-order chi connectivity index (χ0) is 21.2. The first-order valence-corrected chi connectivity index (χ1v) is 10.3. The van der Waals surface area contributed by atoms with Crippen LogP contribution >= 0.6 is 11.6 Å². The molecule has 1 N–H and O–H groups in total. The number of rotatable bonds is 6. The summed E-state index contributed by atoms with van der Waals surface area (Å²) in [5.41, 5.74) is 0.212. The van der Waals surface area contributed by atoms with E-state index < -0.39 is 5.60 Å². The highest BCUT2D eigenvalue weighted by Gasteiger charge is 2.47. The fourth-order valence-electron chi connectivity index (χ4n) is 3.27. The molecular weight excluding hydrogens is 390 g/mol. The summed E-state index contributed by atoms with van der Waals surface area (Å²) >= 11 is 6.02. The third kappa shape index (κ3) is 3.94. The molecule has 6 nitrogen and oxygen atoms in total. The van der Waals surface area contributed by atoms with Gasteiger partial charge >= 0.3 is 0 Å². The molecule has 0 unspecified atom stereocenters. The SMILES string of the molecule is CC[C@@H](C)C(=O)Nc1ccc2c(n1)OC(CC)(CC)C(=O)N2c1ccc(Cl)cc1. The van der Waals surface area contributed by atoms with E-state index in [0.29, 0.717) is 40.9 Å². The van der Waals surface area contributed by atoms with Crippen LogP contribution in [-0.2, 0) is 9.59 Å². The number of benzene rings is 1. The van der Waals surface area contributed by atoms with Crippen molar-refractivity contribution in [1.82, 2.24) is 4.98 Å². The number of carbonyl (C=O) groups excluding carboxylic acids is 2. The van der Waals surface area contributed by atoms with Gasteiger partial charge in [0.25, 0.3) is 5.91 Å². The Morgan fingerprint density at radius 2 is 1.83 bits per heavy atom. The number of hydrogen-bond acceptors (Lipinski definition) is 4. The lowest BCUT2D eigenvalue weighted by atomic mass is 9.93. The summed E-state index contributed by atoms with van der Waals surface area (Å²) in [4.78, 5) is 31.8. The van der Waals surface area contributed by atoms with Gasteiger partial charge in [0.05, 0.1) is 0 Å². The van der Waals surface area contributed by atoms with E-state index in [2.05, 4.69) is 10.3 Å². The molecule has 154 valence electrons. The largest absolute Gasteiger partial charge is 0.459 e. The zero-order valence-corrected chi connectivity index (χ0v) is 17.9. The number of amides is 2. The predicted molar refractivity (Wildman–Crippen MR) is 115 cm³/mol. The highest BCUT2D eigenvalue weighted by molar-refractivity contribution is 6.30. The number of halogens is 1. The number of ether oxygens (including phenoxy) is 1. The summed E-state index contributed by atoms with van der Waals surface area (Å²) in [5, 5.41) is 3.42. The molecule has 0 spiro atoms. The molecule has 1 aliphatic rings. The van der Waals surface area contributed by atoms with E-state index in [1.165, 1.54) is 0 Å². The van der Waals surface area contributed by atoms with Crippen molar-refractivity contribution < 1.29 is 14.3 Å². The van der Waals surface area contributed by atoms with Crippen molar-refractivity contribution >= 4 is 40.6 Å². The molecule has 1 aliphatic heterocycles. The van der Waals surface area contributed by atoms with E-state index in [4.69, 9.17) is 16.3 Å². The van der Waals surface area contributed by atoms with Gasteiger partial charge in [-0.15, -0.1) is 0 Å². The minimum atomic E-state index is -1.01. The Labute approximate surface area is 176 Å². The monoisotopic (exact) mass is 415 g/mol. The van der Waals surface area contributed by atoms with Gasteiger partial charge in [-0.2, -0.15) is 4.98 Å². The minimum Gasteiger partial charge on any atom is -0.459 e. The average molecular weight is 416 g/mol. The van der Waals surface area contributed by atoms with E-state index >= 15 is 0 Å². The van der Waals surface area contributed by atoms with Crippen molar-refractivity contribution in [2.45, 2.75) is 52.6 Å². The number of hydrogen-bond donors (Lipinski definition) is 1. The Morgan fingerprint density at radius 1 is 1.17 bits per heavy atom. The van der Waals surface area contributed by atoms with Crippen molar-refractivity contribution in [3.05, 3.63) is 41.4 Å². The van der Waals surface area contributed by atoms with Crippen molar-refractivity contribution in [3.8, 4) is 5.88 Å². The van der Waals surface area contributed by atoms with Gasteiger partial charge in [-0.3, -0.25) is 14.5 Å². The van der Waals surface area contributed by atoms with Crippen molar-refractivity contribution in [1.29, 1.82) is 0 Å². The molecule has 0 bridgehead atoms. The number of carbonyl (C=O) groups is 2. The molecule has 2 heterocycles. The van der Waals surface area contributed by atoms with Crippen LogP contribution in [0.3, 0.4) is 0 Å². The first kappa shape index (κ1) is 21.1. The summed E-state index contributed by atoms with van der Waals surface area (Å²) in [6, 6.07) is 10.5. The maximum atomic E-state index is 13.4. The molecule has 7 heteroatoms. The van der Waals surface area contributed by atoms with E-state index in [9.17, 15) is 9.59 Å². The highest BCUT2D eigenvalue weighted by Crippen LogP contribution is 2.43. The second-order valence-electron chi connectivity index (χ2n) is 7.24. The second kappa shape index (κ2) is 8.41. The highest BCUT2D eigenvalue weighted by atomic mass is 35.5. The maximum absolute atomic E-state index is 13.4. The Bertz CT molecular complexity index is 910. The first-order chi connectivity index (χ1) is 13.8. The van der Waals surface area contributed by atoms with E-state index in [1.54, 1.807) is 41.3 Å². The smallest absolute Gasteiger partial charge is 0.275 e. The lowest BCUT2D eigenvalue weighted by molar-refractivity contribution is -0.135. The van der Waals surface area contributed by atoms with Gasteiger partial charge < -0.3 is 10.1 Å². The second-order valence-corrected chi connectivity index (χ2v) is 7.68. The average Bonchev–Trinajstić information content (AvgIpc) is 2.73. The van der Waals surface area contributed by atoms with Crippen molar-refractivity contribution in [3.63, 3.8) is 0 Å². The van der Waals surface area contributed by atoms with Gasteiger partial charge in [0.2, 0.25) is 11.8 Å². The lowest BCUT2D eigenvalue weighted by Crippen LogP contribution is -2.54. The van der Waals surface area contributed by atoms with Crippen LogP contribution in [0.2, 0.25) is 5.02 Å². The van der Waals surface area contributed by atoms with Gasteiger partial charge in [-0.05, 0) is 55.7 Å². The van der Waals surface area contributed by atoms with Gasteiger partial charge in [-0.1, -0.05) is 39.3 Å². The number of anilines is 3. The molecule has 29 heavy (non-hydrogen) atoms. The van der Waals surface area contributed by atoms with E-state index in [1.807, 2.05) is 27.7 Å². The molecule has 0 saturated heterocycles. The number of nitrogens with zero attached hydrogens (tertiary/aromatic N) is 2. The molecule has 1 aromatic carbocycles. The fourth-order valence-corrected chi connectivity index (χ4v) is 3.39. The van der Waals surface area contributed by atoms with Crippen molar-refractivity contribution in [2.75, 3.05) is 10.2 Å². The normalized spacial score (nSPS) is 16.0. The molecule has 0 saturated carbocycles. The van der Waals surface area contributed by atoms with Crippen LogP contribution in [0.1, 0.15) is 47.0 Å². The van der Waals surface area contributed by atoms with Crippen LogP contribution in [0, 0.1) is 5.92 Å². The number of aromatic nitrogens is 1. The van der Waals surface area contributed by atoms with Gasteiger partial charge in [-0.25, -0.2) is 0 Å². The van der Waals surface area contributed by atoms with Gasteiger partial charge in [0.1, 0.15) is 11.5 Å². The zero-order valence-electron chi connectivity index (χ0n) is 17.2. The Kier molecular flexibility index (Phi) is 6.13. The lowest BCUT2D eigenvalue weighted by Gasteiger charge is -2.41. The quantitative estimate of drug-likeness (QED) is 0.691. The summed E-state index contributed by atoms with van der Waals surface area (Å²) in [6.07, 6.45) is 1.73. The molecule has 2 amide bonds. The maximum Gasteiger partial charge on any atom is 0.275 e. The Balaban J connectivity index is 2.06. The standard InChI is InChI=1S/C22H26ClN3O3/c1-5-14(4)19(27)24-18-13-12-17-20(25-18)29-22(6-2,7-3)21(28)26(17)16-10-8-15(23)9-11-16/h8-14H,5-7H2,1-4H3,(H,24,25,27)/t14-/m1/s1. The fraction of sp³-hybridized carbons (Fsp3) is 0.409. The molecule has 1 aromatic heterocycles. The molecule has 1 atom stereocenters. The third-order valence-electron chi connectivity index (χ3n) is 5.50. The van der Waals surface area contributed by atoms with Gasteiger partial charge in [0.15, 0.2) is 5.60 Å². The van der Waals surface area contributed by atoms with E-state index in [0.717, 1.165) is 6.42 Å². The topological polar surface area (TPSA) is 71.5 Å². The molecule has 0 fully saturated rings. The number of pyridine rings is 1. The van der Waals surface area contributed by atoms with Crippen LogP contribution in [0.5, 0.6) is 5.88 Å². The molecule has 0 aliphatic carbocycles. The molecule has 2 aromatic rings. The number of nitrogens with one attached hydrogen (secondary N) is 1. The Morgan fingerprint density at radius 3 is 2.41 bits per heavy atom.